The molecule has 0 aliphatic carbocycles. The molecule has 1 nitrogen and oxygen atoms in total. The summed E-state index contributed by atoms with van der Waals surface area (Å²) in [5.74, 6) is 1.55. The number of aryl methyl sites for hydroxylation is 1. The van der Waals surface area contributed by atoms with Crippen molar-refractivity contribution in [3.8, 4) is 0 Å². The Labute approximate surface area is 126 Å². The van der Waals surface area contributed by atoms with Crippen LogP contribution < -0.4 is 0 Å². The molecule has 0 aliphatic heterocycles. The van der Waals surface area contributed by atoms with E-state index in [4.69, 9.17) is 0 Å². The largest absolute Gasteiger partial charge is 0.293 e. The molecule has 2 rings (SSSR count). The Kier molecular flexibility index (Phi) is 5.23. The zero-order chi connectivity index (χ0) is 13.7. The van der Waals surface area contributed by atoms with Gasteiger partial charge in [-0.25, -0.2) is 0 Å². The second-order valence-electron chi connectivity index (χ2n) is 4.38. The summed E-state index contributed by atoms with van der Waals surface area (Å²) in [7, 11) is 0. The first-order chi connectivity index (χ1) is 9.16. The molecule has 98 valence electrons. The predicted octanol–water partition coefficient (Wildman–Crippen LogP) is 4.87. The molecular weight excluding hydrogens is 320 g/mol. The Bertz CT molecular complexity index is 580. The standard InChI is InChI=1S/C16H15BrOS/c1-12-5-4-6-13(9-12)10-19-11-16(18)14-7-2-3-8-15(14)17/h2-9H,10-11H2,1H3. The fourth-order valence-corrected chi connectivity index (χ4v) is 3.19. The maximum atomic E-state index is 12.1. The normalized spacial score (nSPS) is 10.4. The highest BCUT2D eigenvalue weighted by atomic mass is 79.9. The van der Waals surface area contributed by atoms with E-state index >= 15 is 0 Å². The molecule has 0 aliphatic rings. The lowest BCUT2D eigenvalue weighted by Crippen LogP contribution is -2.03. The third kappa shape index (κ3) is 4.22. The second-order valence-corrected chi connectivity index (χ2v) is 6.22. The molecule has 0 aromatic heterocycles. The van der Waals surface area contributed by atoms with Crippen LogP contribution in [0.25, 0.3) is 0 Å². The van der Waals surface area contributed by atoms with Gasteiger partial charge in [-0.15, -0.1) is 11.8 Å². The minimum Gasteiger partial charge on any atom is -0.293 e. The first-order valence-electron chi connectivity index (χ1n) is 6.08. The minimum absolute atomic E-state index is 0.171. The maximum absolute atomic E-state index is 12.1. The van der Waals surface area contributed by atoms with Crippen molar-refractivity contribution < 1.29 is 4.79 Å². The molecule has 0 amide bonds. The van der Waals surface area contributed by atoms with Gasteiger partial charge in [-0.1, -0.05) is 64.0 Å². The highest BCUT2D eigenvalue weighted by molar-refractivity contribution is 9.10. The lowest BCUT2D eigenvalue weighted by molar-refractivity contribution is 0.102. The molecule has 0 saturated carbocycles. The smallest absolute Gasteiger partial charge is 0.173 e. The van der Waals surface area contributed by atoms with E-state index in [1.807, 2.05) is 24.3 Å². The van der Waals surface area contributed by atoms with Crippen molar-refractivity contribution in [2.45, 2.75) is 12.7 Å². The Morgan fingerprint density at radius 3 is 2.68 bits per heavy atom. The summed E-state index contributed by atoms with van der Waals surface area (Å²) in [6, 6.07) is 16.0. The summed E-state index contributed by atoms with van der Waals surface area (Å²) in [6.07, 6.45) is 0. The van der Waals surface area contributed by atoms with E-state index in [0.717, 1.165) is 15.8 Å². The van der Waals surface area contributed by atoms with Crippen molar-refractivity contribution >= 4 is 33.5 Å². The lowest BCUT2D eigenvalue weighted by Gasteiger charge is -2.04. The van der Waals surface area contributed by atoms with E-state index in [9.17, 15) is 4.79 Å². The number of rotatable bonds is 5. The Balaban J connectivity index is 1.90. The van der Waals surface area contributed by atoms with Crippen molar-refractivity contribution in [1.29, 1.82) is 0 Å². The maximum Gasteiger partial charge on any atom is 0.173 e. The van der Waals surface area contributed by atoms with Gasteiger partial charge < -0.3 is 0 Å². The van der Waals surface area contributed by atoms with E-state index < -0.39 is 0 Å². The minimum atomic E-state index is 0.171. The van der Waals surface area contributed by atoms with Crippen LogP contribution in [0.1, 0.15) is 21.5 Å². The fraction of sp³-hybridized carbons (Fsp3) is 0.188. The average Bonchev–Trinajstić information content (AvgIpc) is 2.39. The number of ketones is 1. The molecule has 0 unspecified atom stereocenters. The molecule has 0 bridgehead atoms. The molecule has 0 heterocycles. The van der Waals surface area contributed by atoms with Gasteiger partial charge in [0.15, 0.2) is 5.78 Å². The Morgan fingerprint density at radius 2 is 1.95 bits per heavy atom. The number of carbonyl (C=O) groups excluding carboxylic acids is 1. The number of hydrogen-bond acceptors (Lipinski definition) is 2. The van der Waals surface area contributed by atoms with Crippen LogP contribution in [0.4, 0.5) is 0 Å². The van der Waals surface area contributed by atoms with E-state index in [1.54, 1.807) is 11.8 Å². The van der Waals surface area contributed by atoms with E-state index in [-0.39, 0.29) is 5.78 Å². The van der Waals surface area contributed by atoms with Gasteiger partial charge in [-0.3, -0.25) is 4.79 Å². The molecule has 0 spiro atoms. The Hall–Kier alpha value is -1.06. The molecule has 0 N–H and O–H groups in total. The number of benzene rings is 2. The van der Waals surface area contributed by atoms with Gasteiger partial charge in [0.2, 0.25) is 0 Å². The zero-order valence-corrected chi connectivity index (χ0v) is 13.1. The van der Waals surface area contributed by atoms with Gasteiger partial charge in [0.1, 0.15) is 0 Å². The average molecular weight is 335 g/mol. The number of hydrogen-bond donors (Lipinski definition) is 0. The molecule has 0 fully saturated rings. The summed E-state index contributed by atoms with van der Waals surface area (Å²) in [4.78, 5) is 12.1. The van der Waals surface area contributed by atoms with Crippen LogP contribution in [0.2, 0.25) is 0 Å². The van der Waals surface area contributed by atoms with Gasteiger partial charge in [0, 0.05) is 15.8 Å². The zero-order valence-electron chi connectivity index (χ0n) is 10.7. The first kappa shape index (κ1) is 14.4. The lowest BCUT2D eigenvalue weighted by atomic mass is 10.1. The van der Waals surface area contributed by atoms with E-state index in [0.29, 0.717) is 5.75 Å². The molecule has 19 heavy (non-hydrogen) atoms. The third-order valence-corrected chi connectivity index (χ3v) is 4.45. The molecular formula is C16H15BrOS. The van der Waals surface area contributed by atoms with Gasteiger partial charge in [0.25, 0.3) is 0 Å². The number of Topliss-reactive ketones (excluding diaryl/α,β-unsaturated/α-hetero) is 1. The summed E-state index contributed by atoms with van der Waals surface area (Å²) in [5.41, 5.74) is 3.29. The van der Waals surface area contributed by atoms with Crippen LogP contribution in [-0.2, 0) is 5.75 Å². The summed E-state index contributed by atoms with van der Waals surface area (Å²) in [5, 5.41) is 0. The third-order valence-electron chi connectivity index (χ3n) is 2.76. The number of halogens is 1. The number of thioether (sulfide) groups is 1. The van der Waals surface area contributed by atoms with Crippen molar-refractivity contribution in [2.75, 3.05) is 5.75 Å². The molecule has 0 atom stereocenters. The van der Waals surface area contributed by atoms with Crippen LogP contribution in [-0.4, -0.2) is 11.5 Å². The van der Waals surface area contributed by atoms with Gasteiger partial charge in [0.05, 0.1) is 5.75 Å². The fourth-order valence-electron chi connectivity index (χ4n) is 1.83. The van der Waals surface area contributed by atoms with Crippen molar-refractivity contribution in [2.24, 2.45) is 0 Å². The second kappa shape index (κ2) is 6.92. The van der Waals surface area contributed by atoms with Crippen LogP contribution in [0.5, 0.6) is 0 Å². The number of carbonyl (C=O) groups is 1. The van der Waals surface area contributed by atoms with Crippen LogP contribution in [0.3, 0.4) is 0 Å². The van der Waals surface area contributed by atoms with Crippen LogP contribution in [0, 0.1) is 6.92 Å². The monoisotopic (exact) mass is 334 g/mol. The summed E-state index contributed by atoms with van der Waals surface area (Å²) >= 11 is 5.07. The van der Waals surface area contributed by atoms with Crippen LogP contribution >= 0.6 is 27.7 Å². The molecule has 2 aromatic carbocycles. The summed E-state index contributed by atoms with van der Waals surface area (Å²) < 4.78 is 0.871. The molecule has 2 aromatic rings. The van der Waals surface area contributed by atoms with Gasteiger partial charge in [-0.2, -0.15) is 0 Å². The topological polar surface area (TPSA) is 17.1 Å². The molecule has 3 heteroatoms. The van der Waals surface area contributed by atoms with Gasteiger partial charge in [-0.05, 0) is 18.6 Å². The van der Waals surface area contributed by atoms with E-state index in [1.165, 1.54) is 11.1 Å². The SMILES string of the molecule is Cc1cccc(CSCC(=O)c2ccccc2Br)c1. The highest BCUT2D eigenvalue weighted by Crippen LogP contribution is 2.20. The quantitative estimate of drug-likeness (QED) is 0.725. The van der Waals surface area contributed by atoms with Crippen molar-refractivity contribution in [3.05, 3.63) is 69.7 Å². The Morgan fingerprint density at radius 1 is 1.16 bits per heavy atom. The van der Waals surface area contributed by atoms with Crippen molar-refractivity contribution in [1.82, 2.24) is 0 Å². The molecule has 0 saturated heterocycles. The summed E-state index contributed by atoms with van der Waals surface area (Å²) in [6.45, 7) is 2.08. The van der Waals surface area contributed by atoms with Gasteiger partial charge >= 0.3 is 0 Å². The molecule has 0 radical (unpaired) electrons. The predicted molar refractivity (Wildman–Crippen MR) is 85.8 cm³/mol. The van der Waals surface area contributed by atoms with Crippen LogP contribution in [0.15, 0.2) is 53.0 Å². The van der Waals surface area contributed by atoms with Crippen molar-refractivity contribution in [3.63, 3.8) is 0 Å². The van der Waals surface area contributed by atoms with E-state index in [2.05, 4.69) is 47.1 Å². The first-order valence-corrected chi connectivity index (χ1v) is 8.02. The highest BCUT2D eigenvalue weighted by Gasteiger charge is 2.09.